The van der Waals surface area contributed by atoms with Crippen LogP contribution >= 0.6 is 0 Å². The Bertz CT molecular complexity index is 795. The number of phenolic OH excluding ortho intramolecular Hbond substituents is 1. The predicted octanol–water partition coefficient (Wildman–Crippen LogP) is 3.32. The highest BCUT2D eigenvalue weighted by Crippen LogP contribution is 2.39. The molecule has 0 amide bonds. The van der Waals surface area contributed by atoms with Crippen LogP contribution in [0.15, 0.2) is 36.4 Å². The first-order valence-electron chi connectivity index (χ1n) is 7.44. The van der Waals surface area contributed by atoms with E-state index in [1.54, 1.807) is 30.3 Å². The van der Waals surface area contributed by atoms with Crippen molar-refractivity contribution in [3.8, 4) is 28.7 Å². The number of ether oxygens (including phenoxy) is 4. The Morgan fingerprint density at radius 1 is 0.880 bits per heavy atom. The van der Waals surface area contributed by atoms with Gasteiger partial charge >= 0.3 is 0 Å². The summed E-state index contributed by atoms with van der Waals surface area (Å²) in [5.74, 6) is 1.29. The van der Waals surface area contributed by atoms with E-state index in [1.807, 2.05) is 0 Å². The Labute approximate surface area is 146 Å². The molecule has 25 heavy (non-hydrogen) atoms. The maximum Gasteiger partial charge on any atom is 0.203 e. The van der Waals surface area contributed by atoms with Gasteiger partial charge < -0.3 is 24.1 Å². The second-order valence-electron chi connectivity index (χ2n) is 5.01. The number of hydrogen-bond acceptors (Lipinski definition) is 6. The SMILES string of the molecule is COc1ccc(C(=O)C=Cc2ccc(OC)c(OC)c2O)cc1OC. The normalized spacial score (nSPS) is 10.6. The van der Waals surface area contributed by atoms with Crippen LogP contribution in [0.1, 0.15) is 15.9 Å². The quantitative estimate of drug-likeness (QED) is 0.613. The van der Waals surface area contributed by atoms with Gasteiger partial charge in [0.1, 0.15) is 0 Å². The van der Waals surface area contributed by atoms with Crippen molar-refractivity contribution in [2.24, 2.45) is 0 Å². The third kappa shape index (κ3) is 3.85. The van der Waals surface area contributed by atoms with E-state index in [0.717, 1.165) is 0 Å². The molecule has 0 aliphatic carbocycles. The second kappa shape index (κ2) is 8.10. The molecular formula is C19H20O6. The van der Waals surface area contributed by atoms with Crippen LogP contribution in [0.2, 0.25) is 0 Å². The third-order valence-electron chi connectivity index (χ3n) is 3.63. The minimum Gasteiger partial charge on any atom is -0.504 e. The van der Waals surface area contributed by atoms with Gasteiger partial charge in [-0.3, -0.25) is 4.79 Å². The fourth-order valence-electron chi connectivity index (χ4n) is 2.31. The zero-order valence-electron chi connectivity index (χ0n) is 14.5. The topological polar surface area (TPSA) is 74.2 Å². The number of allylic oxidation sites excluding steroid dienone is 1. The van der Waals surface area contributed by atoms with Crippen molar-refractivity contribution in [3.63, 3.8) is 0 Å². The highest BCUT2D eigenvalue weighted by molar-refractivity contribution is 6.07. The van der Waals surface area contributed by atoms with Crippen LogP contribution in [0.25, 0.3) is 6.08 Å². The number of hydrogen-bond donors (Lipinski definition) is 1. The molecule has 0 aromatic heterocycles. The highest BCUT2D eigenvalue weighted by Gasteiger charge is 2.13. The van der Waals surface area contributed by atoms with Crippen LogP contribution in [0.5, 0.6) is 28.7 Å². The van der Waals surface area contributed by atoms with Gasteiger partial charge in [-0.1, -0.05) is 0 Å². The van der Waals surface area contributed by atoms with Crippen molar-refractivity contribution in [2.75, 3.05) is 28.4 Å². The van der Waals surface area contributed by atoms with Gasteiger partial charge in [0.2, 0.25) is 5.75 Å². The Kier molecular flexibility index (Phi) is 5.89. The van der Waals surface area contributed by atoms with Crippen LogP contribution in [-0.2, 0) is 0 Å². The van der Waals surface area contributed by atoms with Crippen LogP contribution in [0.3, 0.4) is 0 Å². The summed E-state index contributed by atoms with van der Waals surface area (Å²) in [6.45, 7) is 0. The Morgan fingerprint density at radius 2 is 1.52 bits per heavy atom. The maximum atomic E-state index is 12.4. The fourth-order valence-corrected chi connectivity index (χ4v) is 2.31. The molecule has 2 aromatic rings. The predicted molar refractivity (Wildman–Crippen MR) is 94.1 cm³/mol. The van der Waals surface area contributed by atoms with E-state index in [9.17, 15) is 9.90 Å². The van der Waals surface area contributed by atoms with Crippen molar-refractivity contribution >= 4 is 11.9 Å². The lowest BCUT2D eigenvalue weighted by Crippen LogP contribution is -1.97. The first kappa shape index (κ1) is 18.2. The van der Waals surface area contributed by atoms with Gasteiger partial charge in [-0.25, -0.2) is 0 Å². The first-order valence-corrected chi connectivity index (χ1v) is 7.44. The molecule has 0 radical (unpaired) electrons. The van der Waals surface area contributed by atoms with E-state index in [4.69, 9.17) is 18.9 Å². The van der Waals surface area contributed by atoms with Gasteiger partial charge in [-0.05, 0) is 42.5 Å². The lowest BCUT2D eigenvalue weighted by atomic mass is 10.1. The molecule has 0 aliphatic rings. The minimum atomic E-state index is -0.241. The summed E-state index contributed by atoms with van der Waals surface area (Å²) in [7, 11) is 5.94. The molecule has 0 heterocycles. The number of benzene rings is 2. The smallest absolute Gasteiger partial charge is 0.203 e. The van der Waals surface area contributed by atoms with E-state index in [0.29, 0.717) is 28.4 Å². The van der Waals surface area contributed by atoms with Crippen LogP contribution in [0, 0.1) is 0 Å². The molecule has 0 saturated carbocycles. The number of carbonyl (C=O) groups is 1. The number of methoxy groups -OCH3 is 4. The number of phenols is 1. The maximum absolute atomic E-state index is 12.4. The largest absolute Gasteiger partial charge is 0.504 e. The van der Waals surface area contributed by atoms with Gasteiger partial charge in [0, 0.05) is 11.1 Å². The summed E-state index contributed by atoms with van der Waals surface area (Å²) >= 11 is 0. The van der Waals surface area contributed by atoms with Crippen LogP contribution in [-0.4, -0.2) is 39.3 Å². The average molecular weight is 344 g/mol. The zero-order valence-corrected chi connectivity index (χ0v) is 14.5. The molecule has 0 atom stereocenters. The Balaban J connectivity index is 2.29. The number of ketones is 1. The molecular weight excluding hydrogens is 324 g/mol. The van der Waals surface area contributed by atoms with Crippen molar-refractivity contribution < 1.29 is 28.8 Å². The molecule has 1 N–H and O–H groups in total. The minimum absolute atomic E-state index is 0.0989. The lowest BCUT2D eigenvalue weighted by Gasteiger charge is -2.11. The summed E-state index contributed by atoms with van der Waals surface area (Å²) in [5.41, 5.74) is 0.875. The second-order valence-corrected chi connectivity index (χ2v) is 5.01. The summed E-state index contributed by atoms with van der Waals surface area (Å²) in [6.07, 6.45) is 2.87. The molecule has 0 unspecified atom stereocenters. The highest BCUT2D eigenvalue weighted by atomic mass is 16.5. The van der Waals surface area contributed by atoms with E-state index in [1.165, 1.54) is 40.6 Å². The van der Waals surface area contributed by atoms with Crippen molar-refractivity contribution in [3.05, 3.63) is 47.5 Å². The molecule has 0 fully saturated rings. The average Bonchev–Trinajstić information content (AvgIpc) is 2.65. The van der Waals surface area contributed by atoms with E-state index in [-0.39, 0.29) is 17.3 Å². The summed E-state index contributed by atoms with van der Waals surface area (Å²) < 4.78 is 20.6. The zero-order chi connectivity index (χ0) is 18.4. The molecule has 2 rings (SSSR count). The third-order valence-corrected chi connectivity index (χ3v) is 3.63. The summed E-state index contributed by atoms with van der Waals surface area (Å²) in [4.78, 5) is 12.4. The molecule has 2 aromatic carbocycles. The lowest BCUT2D eigenvalue weighted by molar-refractivity contribution is 0.104. The van der Waals surface area contributed by atoms with Crippen molar-refractivity contribution in [2.45, 2.75) is 0 Å². The summed E-state index contributed by atoms with van der Waals surface area (Å²) in [6, 6.07) is 8.18. The van der Waals surface area contributed by atoms with Gasteiger partial charge in [0.05, 0.1) is 28.4 Å². The molecule has 0 aliphatic heterocycles. The standard InChI is InChI=1S/C19H20O6/c1-22-15-9-7-13(11-17(15)24-3)14(20)8-5-12-6-10-16(23-2)19(25-4)18(12)21/h5-11,21H,1-4H3. The molecule has 0 bridgehead atoms. The van der Waals surface area contributed by atoms with Gasteiger partial charge in [-0.15, -0.1) is 0 Å². The molecule has 0 saturated heterocycles. The number of aromatic hydroxyl groups is 1. The van der Waals surface area contributed by atoms with Crippen molar-refractivity contribution in [1.82, 2.24) is 0 Å². The Hall–Kier alpha value is -3.15. The molecule has 6 heteroatoms. The van der Waals surface area contributed by atoms with E-state index < -0.39 is 0 Å². The molecule has 132 valence electrons. The monoisotopic (exact) mass is 344 g/mol. The fraction of sp³-hybridized carbons (Fsp3) is 0.211. The van der Waals surface area contributed by atoms with Gasteiger partial charge in [0.15, 0.2) is 28.8 Å². The number of carbonyl (C=O) groups excluding carboxylic acids is 1. The van der Waals surface area contributed by atoms with E-state index in [2.05, 4.69) is 0 Å². The Morgan fingerprint density at radius 3 is 2.12 bits per heavy atom. The van der Waals surface area contributed by atoms with Gasteiger partial charge in [0.25, 0.3) is 0 Å². The first-order chi connectivity index (χ1) is 12.0. The van der Waals surface area contributed by atoms with Crippen LogP contribution < -0.4 is 18.9 Å². The summed E-state index contributed by atoms with van der Waals surface area (Å²) in [5, 5.41) is 10.2. The van der Waals surface area contributed by atoms with Gasteiger partial charge in [-0.2, -0.15) is 0 Å². The van der Waals surface area contributed by atoms with E-state index >= 15 is 0 Å². The molecule has 6 nitrogen and oxygen atoms in total. The molecule has 0 spiro atoms. The number of rotatable bonds is 7. The van der Waals surface area contributed by atoms with Crippen LogP contribution in [0.4, 0.5) is 0 Å². The van der Waals surface area contributed by atoms with Crippen molar-refractivity contribution in [1.29, 1.82) is 0 Å².